The molecule has 2 amide bonds. The molecule has 2 saturated heterocycles. The number of rotatable bonds is 3. The molecule has 0 radical (unpaired) electrons. The first-order valence-corrected chi connectivity index (χ1v) is 7.93. The molecular weight excluding hydrogens is 270 g/mol. The Morgan fingerprint density at radius 2 is 2.05 bits per heavy atom. The summed E-state index contributed by atoms with van der Waals surface area (Å²) in [4.78, 5) is 27.4. The lowest BCUT2D eigenvalue weighted by atomic mass is 9.92. The Balaban J connectivity index is 1.77. The highest BCUT2D eigenvalue weighted by atomic mass is 16.4. The van der Waals surface area contributed by atoms with E-state index < -0.39 is 5.97 Å². The van der Waals surface area contributed by atoms with Crippen LogP contribution < -0.4 is 5.32 Å². The van der Waals surface area contributed by atoms with E-state index in [0.29, 0.717) is 25.3 Å². The molecule has 0 aromatic carbocycles. The molecule has 6 nitrogen and oxygen atoms in total. The van der Waals surface area contributed by atoms with Crippen LogP contribution in [0.5, 0.6) is 0 Å². The molecule has 6 heteroatoms. The summed E-state index contributed by atoms with van der Waals surface area (Å²) >= 11 is 0. The minimum atomic E-state index is -0.743. The van der Waals surface area contributed by atoms with Crippen LogP contribution in [-0.4, -0.2) is 66.2 Å². The van der Waals surface area contributed by atoms with Gasteiger partial charge in [0.15, 0.2) is 0 Å². The summed E-state index contributed by atoms with van der Waals surface area (Å²) in [5.74, 6) is -0.525. The summed E-state index contributed by atoms with van der Waals surface area (Å²) in [5.41, 5.74) is 0. The molecule has 0 saturated carbocycles. The van der Waals surface area contributed by atoms with Crippen molar-refractivity contribution < 1.29 is 14.7 Å². The second-order valence-corrected chi connectivity index (χ2v) is 6.56. The third kappa shape index (κ3) is 4.33. The van der Waals surface area contributed by atoms with Crippen LogP contribution >= 0.6 is 0 Å². The highest BCUT2D eigenvalue weighted by molar-refractivity contribution is 5.75. The molecule has 3 atom stereocenters. The number of carbonyl (C=O) groups is 2. The number of piperidine rings is 2. The summed E-state index contributed by atoms with van der Waals surface area (Å²) in [6.45, 7) is 5.37. The molecule has 21 heavy (non-hydrogen) atoms. The highest BCUT2D eigenvalue weighted by Gasteiger charge is 2.32. The molecule has 2 N–H and O–H groups in total. The fourth-order valence-corrected chi connectivity index (χ4v) is 3.47. The van der Waals surface area contributed by atoms with E-state index in [4.69, 9.17) is 5.11 Å². The zero-order valence-corrected chi connectivity index (χ0v) is 13.0. The number of hydrogen-bond donors (Lipinski definition) is 2. The van der Waals surface area contributed by atoms with Crippen LogP contribution in [0, 0.1) is 11.8 Å². The maximum Gasteiger partial charge on any atom is 0.317 e. The van der Waals surface area contributed by atoms with E-state index in [1.807, 2.05) is 6.92 Å². The second-order valence-electron chi connectivity index (χ2n) is 6.56. The van der Waals surface area contributed by atoms with Crippen molar-refractivity contribution in [3.05, 3.63) is 0 Å². The fraction of sp³-hybridized carbons (Fsp3) is 0.867. The summed E-state index contributed by atoms with van der Waals surface area (Å²) in [7, 11) is 2.12. The maximum atomic E-state index is 12.3. The van der Waals surface area contributed by atoms with Crippen molar-refractivity contribution in [3.8, 4) is 0 Å². The number of hydrogen-bond acceptors (Lipinski definition) is 3. The molecule has 0 aliphatic carbocycles. The molecule has 3 unspecified atom stereocenters. The van der Waals surface area contributed by atoms with Crippen molar-refractivity contribution in [2.45, 2.75) is 38.6 Å². The van der Waals surface area contributed by atoms with Crippen LogP contribution in [-0.2, 0) is 4.79 Å². The third-order valence-electron chi connectivity index (χ3n) is 4.75. The summed E-state index contributed by atoms with van der Waals surface area (Å²) in [5, 5.41) is 12.1. The number of aliphatic carboxylic acids is 1. The lowest BCUT2D eigenvalue weighted by Crippen LogP contribution is -2.51. The van der Waals surface area contributed by atoms with E-state index in [1.165, 1.54) is 12.8 Å². The molecule has 2 aliphatic rings. The van der Waals surface area contributed by atoms with Gasteiger partial charge in [-0.2, -0.15) is 0 Å². The van der Waals surface area contributed by atoms with Crippen LogP contribution in [0.15, 0.2) is 0 Å². The number of nitrogens with one attached hydrogen (secondary N) is 1. The highest BCUT2D eigenvalue weighted by Crippen LogP contribution is 2.23. The van der Waals surface area contributed by atoms with Crippen molar-refractivity contribution in [2.75, 3.05) is 33.2 Å². The van der Waals surface area contributed by atoms with Crippen LogP contribution in [0.3, 0.4) is 0 Å². The van der Waals surface area contributed by atoms with Crippen molar-refractivity contribution in [3.63, 3.8) is 0 Å². The van der Waals surface area contributed by atoms with Crippen LogP contribution in [0.2, 0.25) is 0 Å². The van der Waals surface area contributed by atoms with Crippen molar-refractivity contribution in [1.82, 2.24) is 15.1 Å². The van der Waals surface area contributed by atoms with Gasteiger partial charge in [0.25, 0.3) is 0 Å². The van der Waals surface area contributed by atoms with Gasteiger partial charge in [-0.15, -0.1) is 0 Å². The molecule has 2 heterocycles. The first-order chi connectivity index (χ1) is 9.97. The number of carboxylic acid groups (broad SMARTS) is 1. The van der Waals surface area contributed by atoms with Gasteiger partial charge in [0.1, 0.15) is 0 Å². The van der Waals surface area contributed by atoms with Crippen molar-refractivity contribution in [2.24, 2.45) is 11.8 Å². The SMILES string of the molecule is CC1CC(C(=O)O)CCN1C(=O)NCC1CCCN(C)C1. The van der Waals surface area contributed by atoms with Crippen molar-refractivity contribution >= 4 is 12.0 Å². The largest absolute Gasteiger partial charge is 0.481 e. The lowest BCUT2D eigenvalue weighted by Gasteiger charge is -2.37. The van der Waals surface area contributed by atoms with Gasteiger partial charge < -0.3 is 20.2 Å². The van der Waals surface area contributed by atoms with Gasteiger partial charge in [-0.1, -0.05) is 0 Å². The van der Waals surface area contributed by atoms with Gasteiger partial charge in [0.2, 0.25) is 0 Å². The quantitative estimate of drug-likeness (QED) is 0.821. The molecular formula is C15H27N3O3. The Morgan fingerprint density at radius 1 is 1.29 bits per heavy atom. The fourth-order valence-electron chi connectivity index (χ4n) is 3.47. The van der Waals surface area contributed by atoms with Crippen molar-refractivity contribution in [1.29, 1.82) is 0 Å². The van der Waals surface area contributed by atoms with Gasteiger partial charge in [-0.25, -0.2) is 4.79 Å². The molecule has 0 bridgehead atoms. The molecule has 0 aromatic rings. The van der Waals surface area contributed by atoms with Crippen LogP contribution in [0.4, 0.5) is 4.79 Å². The van der Waals surface area contributed by atoms with Gasteiger partial charge >= 0.3 is 12.0 Å². The standard InChI is InChI=1S/C15H27N3O3/c1-11-8-13(14(19)20)5-7-18(11)15(21)16-9-12-4-3-6-17(2)10-12/h11-13H,3-10H2,1-2H3,(H,16,21)(H,19,20). The Kier molecular flexibility index (Phi) is 5.45. The number of urea groups is 1. The minimum Gasteiger partial charge on any atom is -0.481 e. The number of nitrogens with zero attached hydrogens (tertiary/aromatic N) is 2. The van der Waals surface area contributed by atoms with Gasteiger partial charge in [-0.3, -0.25) is 4.79 Å². The van der Waals surface area contributed by atoms with E-state index in [1.54, 1.807) is 4.90 Å². The van der Waals surface area contributed by atoms with E-state index in [-0.39, 0.29) is 18.0 Å². The second kappa shape index (κ2) is 7.11. The molecule has 120 valence electrons. The topological polar surface area (TPSA) is 72.9 Å². The van der Waals surface area contributed by atoms with E-state index in [0.717, 1.165) is 19.6 Å². The summed E-state index contributed by atoms with van der Waals surface area (Å²) in [6.07, 6.45) is 3.47. The predicted molar refractivity (Wildman–Crippen MR) is 80.1 cm³/mol. The Labute approximate surface area is 126 Å². The van der Waals surface area contributed by atoms with E-state index >= 15 is 0 Å². The summed E-state index contributed by atoms with van der Waals surface area (Å²) < 4.78 is 0. The first kappa shape index (κ1) is 16.1. The van der Waals surface area contributed by atoms with Crippen LogP contribution in [0.1, 0.15) is 32.6 Å². The Hall–Kier alpha value is -1.30. The number of carbonyl (C=O) groups excluding carboxylic acids is 1. The van der Waals surface area contributed by atoms with Gasteiger partial charge in [-0.05, 0) is 52.1 Å². The monoisotopic (exact) mass is 297 g/mol. The Morgan fingerprint density at radius 3 is 2.67 bits per heavy atom. The number of amides is 2. The minimum absolute atomic E-state index is 0.00567. The normalized spacial score (nSPS) is 31.0. The molecule has 2 aliphatic heterocycles. The first-order valence-electron chi connectivity index (χ1n) is 7.93. The smallest absolute Gasteiger partial charge is 0.317 e. The van der Waals surface area contributed by atoms with Gasteiger partial charge in [0, 0.05) is 25.7 Å². The average molecular weight is 297 g/mol. The zero-order chi connectivity index (χ0) is 15.4. The van der Waals surface area contributed by atoms with E-state index in [2.05, 4.69) is 17.3 Å². The van der Waals surface area contributed by atoms with E-state index in [9.17, 15) is 9.59 Å². The average Bonchev–Trinajstić information content (AvgIpc) is 2.44. The summed E-state index contributed by atoms with van der Waals surface area (Å²) in [6, 6.07) is -0.0477. The Bertz CT molecular complexity index is 388. The number of likely N-dealkylation sites (tertiary alicyclic amines) is 2. The van der Waals surface area contributed by atoms with Crippen LogP contribution in [0.25, 0.3) is 0 Å². The van der Waals surface area contributed by atoms with Gasteiger partial charge in [0.05, 0.1) is 5.92 Å². The number of carboxylic acids is 1. The molecule has 2 rings (SSSR count). The maximum absolute atomic E-state index is 12.3. The predicted octanol–water partition coefficient (Wildman–Crippen LogP) is 1.22. The molecule has 0 spiro atoms. The zero-order valence-electron chi connectivity index (χ0n) is 13.0. The molecule has 2 fully saturated rings. The lowest BCUT2D eigenvalue weighted by molar-refractivity contribution is -0.143. The third-order valence-corrected chi connectivity index (χ3v) is 4.75. The molecule has 0 aromatic heterocycles.